The first-order valence-electron chi connectivity index (χ1n) is 5.21. The maximum absolute atomic E-state index is 13.4. The van der Waals surface area contributed by atoms with Gasteiger partial charge in [0.1, 0.15) is 11.6 Å². The molecular weight excluding hydrogens is 212 g/mol. The van der Waals surface area contributed by atoms with Crippen molar-refractivity contribution in [1.29, 1.82) is 0 Å². The highest BCUT2D eigenvalue weighted by molar-refractivity contribution is 5.82. The van der Waals surface area contributed by atoms with Crippen molar-refractivity contribution in [3.8, 4) is 0 Å². The molecule has 0 saturated carbocycles. The quantitative estimate of drug-likeness (QED) is 0.868. The van der Waals surface area contributed by atoms with Crippen molar-refractivity contribution < 1.29 is 13.2 Å². The van der Waals surface area contributed by atoms with Gasteiger partial charge in [0.15, 0.2) is 11.4 Å². The van der Waals surface area contributed by atoms with Crippen LogP contribution in [0.2, 0.25) is 0 Å². The Balaban J connectivity index is 2.54. The summed E-state index contributed by atoms with van der Waals surface area (Å²) in [6.07, 6.45) is 0. The van der Waals surface area contributed by atoms with E-state index in [9.17, 15) is 8.78 Å². The van der Waals surface area contributed by atoms with Gasteiger partial charge in [0.2, 0.25) is 0 Å². The summed E-state index contributed by atoms with van der Waals surface area (Å²) in [7, 11) is 0. The number of rotatable bonds is 3. The van der Waals surface area contributed by atoms with Gasteiger partial charge in [0.25, 0.3) is 0 Å². The third-order valence-corrected chi connectivity index (χ3v) is 2.59. The second-order valence-electron chi connectivity index (χ2n) is 3.69. The van der Waals surface area contributed by atoms with Gasteiger partial charge in [0.05, 0.1) is 6.54 Å². The minimum Gasteiger partial charge on any atom is -0.456 e. The average Bonchev–Trinajstić information content (AvgIpc) is 2.54. The van der Waals surface area contributed by atoms with Gasteiger partial charge in [-0.25, -0.2) is 8.78 Å². The smallest absolute Gasteiger partial charge is 0.170 e. The number of hydrogen-bond acceptors (Lipinski definition) is 2. The normalized spacial score (nSPS) is 11.2. The van der Waals surface area contributed by atoms with Crippen LogP contribution in [0.1, 0.15) is 18.2 Å². The first-order valence-corrected chi connectivity index (χ1v) is 5.21. The van der Waals surface area contributed by atoms with Crippen LogP contribution in [0.4, 0.5) is 8.78 Å². The molecule has 4 heteroatoms. The molecule has 0 radical (unpaired) electrons. The second-order valence-corrected chi connectivity index (χ2v) is 3.69. The van der Waals surface area contributed by atoms with Crippen molar-refractivity contribution in [3.05, 3.63) is 35.1 Å². The largest absolute Gasteiger partial charge is 0.456 e. The van der Waals surface area contributed by atoms with Crippen LogP contribution in [0.3, 0.4) is 0 Å². The van der Waals surface area contributed by atoms with E-state index < -0.39 is 11.6 Å². The van der Waals surface area contributed by atoms with Gasteiger partial charge >= 0.3 is 0 Å². The van der Waals surface area contributed by atoms with Crippen LogP contribution < -0.4 is 5.32 Å². The Bertz CT molecular complexity index is 519. The predicted octanol–water partition coefficient (Wildman–Crippen LogP) is 3.13. The second kappa shape index (κ2) is 4.22. The molecule has 2 rings (SSSR count). The van der Waals surface area contributed by atoms with Crippen molar-refractivity contribution in [1.82, 2.24) is 5.32 Å². The van der Waals surface area contributed by atoms with E-state index in [0.29, 0.717) is 17.7 Å². The van der Waals surface area contributed by atoms with Crippen LogP contribution in [0, 0.1) is 18.6 Å². The monoisotopic (exact) mass is 225 g/mol. The number of benzene rings is 1. The molecule has 2 nitrogen and oxygen atoms in total. The molecule has 0 spiro atoms. The lowest BCUT2D eigenvalue weighted by atomic mass is 10.1. The molecule has 0 saturated heterocycles. The first-order chi connectivity index (χ1) is 7.63. The van der Waals surface area contributed by atoms with Crippen LogP contribution in [-0.2, 0) is 6.54 Å². The van der Waals surface area contributed by atoms with E-state index in [-0.39, 0.29) is 5.58 Å². The van der Waals surface area contributed by atoms with Crippen molar-refractivity contribution in [3.63, 3.8) is 0 Å². The summed E-state index contributed by atoms with van der Waals surface area (Å²) in [6, 6.07) is 2.13. The summed E-state index contributed by atoms with van der Waals surface area (Å²) >= 11 is 0. The molecule has 1 aromatic heterocycles. The summed E-state index contributed by atoms with van der Waals surface area (Å²) < 4.78 is 31.8. The highest BCUT2D eigenvalue weighted by Crippen LogP contribution is 2.28. The SMILES string of the molecule is CCNCc1oc2c(F)cc(F)cc2c1C. The molecule has 0 aliphatic heterocycles. The number of nitrogens with one attached hydrogen (secondary N) is 1. The molecule has 0 aliphatic rings. The number of fused-ring (bicyclic) bond motifs is 1. The first kappa shape index (κ1) is 11.1. The fraction of sp³-hybridized carbons (Fsp3) is 0.333. The molecule has 0 fully saturated rings. The number of aryl methyl sites for hydroxylation is 1. The summed E-state index contributed by atoms with van der Waals surface area (Å²) in [6.45, 7) is 5.10. The summed E-state index contributed by atoms with van der Waals surface area (Å²) in [5, 5.41) is 3.60. The number of hydrogen-bond donors (Lipinski definition) is 1. The molecule has 0 amide bonds. The Hall–Kier alpha value is -1.42. The Morgan fingerprint density at radius 1 is 1.31 bits per heavy atom. The van der Waals surface area contributed by atoms with Gasteiger partial charge < -0.3 is 9.73 Å². The zero-order chi connectivity index (χ0) is 11.7. The van der Waals surface area contributed by atoms with Crippen LogP contribution in [0.25, 0.3) is 11.0 Å². The van der Waals surface area contributed by atoms with E-state index in [1.807, 2.05) is 6.92 Å². The number of furan rings is 1. The van der Waals surface area contributed by atoms with E-state index in [0.717, 1.165) is 18.2 Å². The molecule has 0 atom stereocenters. The molecule has 86 valence electrons. The van der Waals surface area contributed by atoms with Crippen LogP contribution in [0.5, 0.6) is 0 Å². The Morgan fingerprint density at radius 2 is 2.06 bits per heavy atom. The van der Waals surface area contributed by atoms with Gasteiger partial charge in [-0.2, -0.15) is 0 Å². The topological polar surface area (TPSA) is 25.2 Å². The zero-order valence-corrected chi connectivity index (χ0v) is 9.23. The van der Waals surface area contributed by atoms with E-state index in [1.165, 1.54) is 6.07 Å². The lowest BCUT2D eigenvalue weighted by Gasteiger charge is -1.97. The number of halogens is 2. The Morgan fingerprint density at radius 3 is 2.75 bits per heavy atom. The van der Waals surface area contributed by atoms with E-state index in [2.05, 4.69) is 5.32 Å². The average molecular weight is 225 g/mol. The minimum absolute atomic E-state index is 0.131. The molecular formula is C12H13F2NO. The van der Waals surface area contributed by atoms with Gasteiger partial charge in [-0.15, -0.1) is 0 Å². The fourth-order valence-electron chi connectivity index (χ4n) is 1.70. The van der Waals surface area contributed by atoms with Gasteiger partial charge in [0, 0.05) is 11.5 Å². The summed E-state index contributed by atoms with van der Waals surface area (Å²) in [5.74, 6) is -0.578. The summed E-state index contributed by atoms with van der Waals surface area (Å²) in [5.41, 5.74) is 0.918. The minimum atomic E-state index is -0.652. The van der Waals surface area contributed by atoms with Crippen LogP contribution in [-0.4, -0.2) is 6.54 Å². The molecule has 1 heterocycles. The van der Waals surface area contributed by atoms with Gasteiger partial charge in [-0.05, 0) is 25.1 Å². The highest BCUT2D eigenvalue weighted by atomic mass is 19.1. The van der Waals surface area contributed by atoms with E-state index in [4.69, 9.17) is 4.42 Å². The lowest BCUT2D eigenvalue weighted by Crippen LogP contribution is -2.11. The van der Waals surface area contributed by atoms with Crippen LogP contribution >= 0.6 is 0 Å². The standard InChI is InChI=1S/C12H13F2NO/c1-3-15-6-11-7(2)9-4-8(13)5-10(14)12(9)16-11/h4-5,15H,3,6H2,1-2H3. The molecule has 0 unspecified atom stereocenters. The third-order valence-electron chi connectivity index (χ3n) is 2.59. The van der Waals surface area contributed by atoms with E-state index >= 15 is 0 Å². The summed E-state index contributed by atoms with van der Waals surface area (Å²) in [4.78, 5) is 0. The third kappa shape index (κ3) is 1.80. The van der Waals surface area contributed by atoms with Gasteiger partial charge in [-0.3, -0.25) is 0 Å². The molecule has 0 bridgehead atoms. The molecule has 2 aromatic rings. The highest BCUT2D eigenvalue weighted by Gasteiger charge is 2.14. The zero-order valence-electron chi connectivity index (χ0n) is 9.23. The molecule has 16 heavy (non-hydrogen) atoms. The van der Waals surface area contributed by atoms with Crippen LogP contribution in [0.15, 0.2) is 16.5 Å². The van der Waals surface area contributed by atoms with Crippen molar-refractivity contribution in [2.45, 2.75) is 20.4 Å². The maximum Gasteiger partial charge on any atom is 0.170 e. The maximum atomic E-state index is 13.4. The molecule has 1 N–H and O–H groups in total. The van der Waals surface area contributed by atoms with E-state index in [1.54, 1.807) is 6.92 Å². The molecule has 1 aromatic carbocycles. The Kier molecular flexibility index (Phi) is 2.92. The van der Waals surface area contributed by atoms with Crippen molar-refractivity contribution >= 4 is 11.0 Å². The van der Waals surface area contributed by atoms with Crippen molar-refractivity contribution in [2.24, 2.45) is 0 Å². The lowest BCUT2D eigenvalue weighted by molar-refractivity contribution is 0.494. The van der Waals surface area contributed by atoms with Gasteiger partial charge in [-0.1, -0.05) is 6.92 Å². The predicted molar refractivity (Wildman–Crippen MR) is 58.2 cm³/mol. The molecule has 0 aliphatic carbocycles. The Labute approximate surface area is 92.2 Å². The fourth-order valence-corrected chi connectivity index (χ4v) is 1.70. The van der Waals surface area contributed by atoms with Crippen molar-refractivity contribution in [2.75, 3.05) is 6.54 Å².